The minimum absolute atomic E-state index is 0.235. The molecule has 0 spiro atoms. The van der Waals surface area contributed by atoms with E-state index in [-0.39, 0.29) is 10.8 Å². The smallest absolute Gasteiger partial charge is 0.250 e. The van der Waals surface area contributed by atoms with Crippen LogP contribution in [-0.4, -0.2) is 49.9 Å². The highest BCUT2D eigenvalue weighted by atomic mass is 35.5. The fourth-order valence-corrected chi connectivity index (χ4v) is 5.35. The zero-order chi connectivity index (χ0) is 22.6. The number of carbonyl (C=O) groups is 1. The number of hydrogen-bond acceptors (Lipinski definition) is 6. The molecule has 4 rings (SSSR count). The van der Waals surface area contributed by atoms with E-state index in [2.05, 4.69) is 10.3 Å². The van der Waals surface area contributed by atoms with E-state index >= 15 is 0 Å². The van der Waals surface area contributed by atoms with Crippen molar-refractivity contribution in [3.8, 4) is 11.3 Å². The van der Waals surface area contributed by atoms with Crippen molar-refractivity contribution in [3.63, 3.8) is 0 Å². The van der Waals surface area contributed by atoms with Crippen LogP contribution in [0.3, 0.4) is 0 Å². The lowest BCUT2D eigenvalue weighted by Gasteiger charge is -2.26. The number of carbonyl (C=O) groups excluding carboxylic acids is 1. The summed E-state index contributed by atoms with van der Waals surface area (Å²) in [5, 5.41) is 5.63. The molecule has 0 unspecified atom stereocenters. The van der Waals surface area contributed by atoms with Gasteiger partial charge >= 0.3 is 0 Å². The molecule has 0 bridgehead atoms. The Morgan fingerprint density at radius 2 is 1.78 bits per heavy atom. The number of amides is 1. The quantitative estimate of drug-likeness (QED) is 0.526. The number of benzene rings is 2. The molecule has 1 amide bonds. The van der Waals surface area contributed by atoms with Crippen LogP contribution in [0.15, 0.2) is 64.9 Å². The van der Waals surface area contributed by atoms with Gasteiger partial charge in [0.05, 0.1) is 23.8 Å². The Labute approximate surface area is 195 Å². The SMILES string of the molecule is O=C(C=Cc1ccc(Cl)cc1)Nc1nc(-c2ccc(S(=O)(=O)N3CCOCC3)cc2)cs1. The van der Waals surface area contributed by atoms with Gasteiger partial charge in [-0.25, -0.2) is 13.4 Å². The second kappa shape index (κ2) is 9.93. The van der Waals surface area contributed by atoms with E-state index < -0.39 is 10.0 Å². The third-order valence-electron chi connectivity index (χ3n) is 4.79. The second-order valence-electron chi connectivity index (χ2n) is 6.95. The highest BCUT2D eigenvalue weighted by Crippen LogP contribution is 2.27. The van der Waals surface area contributed by atoms with Gasteiger partial charge in [-0.2, -0.15) is 4.31 Å². The van der Waals surface area contributed by atoms with E-state index in [0.29, 0.717) is 42.2 Å². The van der Waals surface area contributed by atoms with Crippen molar-refractivity contribution in [1.82, 2.24) is 9.29 Å². The molecule has 1 N–H and O–H groups in total. The van der Waals surface area contributed by atoms with Gasteiger partial charge in [0.25, 0.3) is 0 Å². The summed E-state index contributed by atoms with van der Waals surface area (Å²) in [7, 11) is -3.54. The van der Waals surface area contributed by atoms with Gasteiger partial charge in [0.2, 0.25) is 15.9 Å². The van der Waals surface area contributed by atoms with Gasteiger partial charge in [-0.1, -0.05) is 35.9 Å². The first-order chi connectivity index (χ1) is 15.4. The number of nitrogens with one attached hydrogen (secondary N) is 1. The normalized spacial score (nSPS) is 15.2. The number of halogens is 1. The highest BCUT2D eigenvalue weighted by Gasteiger charge is 2.26. The maximum atomic E-state index is 12.7. The molecule has 166 valence electrons. The molecule has 10 heteroatoms. The number of rotatable bonds is 6. The van der Waals surface area contributed by atoms with Crippen LogP contribution in [0.1, 0.15) is 5.56 Å². The Morgan fingerprint density at radius 3 is 2.47 bits per heavy atom. The first-order valence-corrected chi connectivity index (χ1v) is 12.5. The molecule has 2 aromatic carbocycles. The molecule has 7 nitrogen and oxygen atoms in total. The number of nitrogens with zero attached hydrogens (tertiary/aromatic N) is 2. The fraction of sp³-hybridized carbons (Fsp3) is 0.182. The van der Waals surface area contributed by atoms with E-state index in [1.54, 1.807) is 42.5 Å². The molecule has 1 aliphatic rings. The molecule has 1 saturated heterocycles. The average molecular weight is 490 g/mol. The van der Waals surface area contributed by atoms with Crippen LogP contribution in [0, 0.1) is 0 Å². The molecule has 32 heavy (non-hydrogen) atoms. The monoisotopic (exact) mass is 489 g/mol. The van der Waals surface area contributed by atoms with E-state index in [1.165, 1.54) is 21.7 Å². The van der Waals surface area contributed by atoms with Crippen LogP contribution >= 0.6 is 22.9 Å². The molecule has 2 heterocycles. The Hall–Kier alpha value is -2.56. The summed E-state index contributed by atoms with van der Waals surface area (Å²) in [5.74, 6) is -0.298. The second-order valence-corrected chi connectivity index (χ2v) is 10.2. The largest absolute Gasteiger partial charge is 0.379 e. The van der Waals surface area contributed by atoms with E-state index in [1.807, 2.05) is 17.5 Å². The molecule has 0 atom stereocenters. The zero-order valence-corrected chi connectivity index (χ0v) is 19.3. The number of aromatic nitrogens is 1. The summed E-state index contributed by atoms with van der Waals surface area (Å²) in [6.07, 6.45) is 3.11. The summed E-state index contributed by atoms with van der Waals surface area (Å²) in [4.78, 5) is 16.8. The van der Waals surface area contributed by atoms with Crippen LogP contribution < -0.4 is 5.32 Å². The molecule has 1 aliphatic heterocycles. The maximum Gasteiger partial charge on any atom is 0.250 e. The zero-order valence-electron chi connectivity index (χ0n) is 16.9. The van der Waals surface area contributed by atoms with Crippen molar-refractivity contribution in [2.24, 2.45) is 0 Å². The fourth-order valence-electron chi connectivity index (χ4n) is 3.09. The predicted octanol–water partition coefficient (Wildman–Crippen LogP) is 4.14. The van der Waals surface area contributed by atoms with Crippen molar-refractivity contribution in [1.29, 1.82) is 0 Å². The third kappa shape index (κ3) is 5.43. The van der Waals surface area contributed by atoms with Crippen LogP contribution in [0.5, 0.6) is 0 Å². The molecule has 0 aliphatic carbocycles. The minimum atomic E-state index is -3.54. The Kier molecular flexibility index (Phi) is 7.02. The third-order valence-corrected chi connectivity index (χ3v) is 7.71. The summed E-state index contributed by atoms with van der Waals surface area (Å²) >= 11 is 7.15. The standard InChI is InChI=1S/C22H20ClN3O4S2/c23-18-6-1-16(2-7-18)3-10-21(27)25-22-24-20(15-31-22)17-4-8-19(9-5-17)32(28,29)26-11-13-30-14-12-26/h1-10,15H,11-14H2,(H,24,25,27). The van der Waals surface area contributed by atoms with Crippen molar-refractivity contribution in [2.75, 3.05) is 31.6 Å². The molecule has 1 fully saturated rings. The van der Waals surface area contributed by atoms with Crippen molar-refractivity contribution in [2.45, 2.75) is 4.90 Å². The van der Waals surface area contributed by atoms with E-state index in [9.17, 15) is 13.2 Å². The van der Waals surface area contributed by atoms with E-state index in [4.69, 9.17) is 16.3 Å². The van der Waals surface area contributed by atoms with Crippen molar-refractivity contribution in [3.05, 3.63) is 70.6 Å². The van der Waals surface area contributed by atoms with Crippen molar-refractivity contribution >= 4 is 50.1 Å². The number of anilines is 1. The van der Waals surface area contributed by atoms with Gasteiger partial charge in [-0.15, -0.1) is 11.3 Å². The van der Waals surface area contributed by atoms with Gasteiger partial charge in [-0.05, 0) is 35.9 Å². The molecule has 3 aromatic rings. The number of morpholine rings is 1. The van der Waals surface area contributed by atoms with Gasteiger partial charge in [0.1, 0.15) is 0 Å². The van der Waals surface area contributed by atoms with Gasteiger partial charge in [-0.3, -0.25) is 10.1 Å². The molecular formula is C22H20ClN3O4S2. The number of hydrogen-bond donors (Lipinski definition) is 1. The topological polar surface area (TPSA) is 88.6 Å². The molecule has 0 radical (unpaired) electrons. The maximum absolute atomic E-state index is 12.7. The summed E-state index contributed by atoms with van der Waals surface area (Å²) in [5.41, 5.74) is 2.28. The number of thiazole rings is 1. The Balaban J connectivity index is 1.40. The van der Waals surface area contributed by atoms with Gasteiger partial charge < -0.3 is 4.74 Å². The van der Waals surface area contributed by atoms with Crippen LogP contribution in [-0.2, 0) is 19.6 Å². The lowest BCUT2D eigenvalue weighted by atomic mass is 10.2. The number of ether oxygens (including phenoxy) is 1. The molecule has 0 saturated carbocycles. The average Bonchev–Trinajstić information content (AvgIpc) is 3.28. The van der Waals surface area contributed by atoms with Crippen LogP contribution in [0.4, 0.5) is 5.13 Å². The van der Waals surface area contributed by atoms with Gasteiger partial charge in [0.15, 0.2) is 5.13 Å². The summed E-state index contributed by atoms with van der Waals surface area (Å²) < 4.78 is 32.1. The Bertz CT molecular complexity index is 1220. The Morgan fingerprint density at radius 1 is 1.09 bits per heavy atom. The van der Waals surface area contributed by atoms with E-state index in [0.717, 1.165) is 11.1 Å². The highest BCUT2D eigenvalue weighted by molar-refractivity contribution is 7.89. The summed E-state index contributed by atoms with van der Waals surface area (Å²) in [6, 6.07) is 13.7. The molecular weight excluding hydrogens is 470 g/mol. The summed E-state index contributed by atoms with van der Waals surface area (Å²) in [6.45, 7) is 1.51. The van der Waals surface area contributed by atoms with Gasteiger partial charge in [0, 0.05) is 35.1 Å². The number of sulfonamides is 1. The first kappa shape index (κ1) is 22.6. The lowest BCUT2D eigenvalue weighted by Crippen LogP contribution is -2.40. The van der Waals surface area contributed by atoms with Crippen LogP contribution in [0.2, 0.25) is 5.02 Å². The molecule has 1 aromatic heterocycles. The van der Waals surface area contributed by atoms with Crippen molar-refractivity contribution < 1.29 is 17.9 Å². The minimum Gasteiger partial charge on any atom is -0.379 e. The van der Waals surface area contributed by atoms with Crippen LogP contribution in [0.25, 0.3) is 17.3 Å². The predicted molar refractivity (Wildman–Crippen MR) is 126 cm³/mol. The first-order valence-electron chi connectivity index (χ1n) is 9.80. The lowest BCUT2D eigenvalue weighted by molar-refractivity contribution is -0.111.